The quantitative estimate of drug-likeness (QED) is 0.0330. The SMILES string of the molecule is CCCCC/C=C\C/C=C\CCCCCCCC(=O)OC(COC)CO/C=C\CCCCCCCCCCCCCC. The zero-order valence-electron chi connectivity index (χ0n) is 28.3. The second kappa shape index (κ2) is 35.6. The van der Waals surface area contributed by atoms with Crippen LogP contribution in [-0.2, 0) is 19.0 Å². The van der Waals surface area contributed by atoms with Crippen molar-refractivity contribution in [2.45, 2.75) is 180 Å². The van der Waals surface area contributed by atoms with Crippen LogP contribution in [0.5, 0.6) is 0 Å². The van der Waals surface area contributed by atoms with Crippen LogP contribution < -0.4 is 0 Å². The van der Waals surface area contributed by atoms with Crippen LogP contribution >= 0.6 is 0 Å². The molecule has 0 saturated heterocycles. The summed E-state index contributed by atoms with van der Waals surface area (Å²) in [7, 11) is 1.63. The van der Waals surface area contributed by atoms with E-state index in [1.807, 2.05) is 0 Å². The monoisotopic (exact) mass is 591 g/mol. The van der Waals surface area contributed by atoms with Gasteiger partial charge < -0.3 is 14.2 Å². The highest BCUT2D eigenvalue weighted by Crippen LogP contribution is 2.13. The Morgan fingerprint density at radius 3 is 1.55 bits per heavy atom. The molecule has 42 heavy (non-hydrogen) atoms. The number of ether oxygens (including phenoxy) is 3. The van der Waals surface area contributed by atoms with Crippen LogP contribution in [0.1, 0.15) is 174 Å². The molecule has 0 aromatic rings. The van der Waals surface area contributed by atoms with Crippen molar-refractivity contribution in [2.24, 2.45) is 0 Å². The standard InChI is InChI=1S/C38H70O4/c1-4-6-8-10-12-14-16-18-20-21-23-25-27-29-31-33-38(39)42-37(35-40-3)36-41-34-32-30-28-26-24-22-19-17-15-13-11-9-7-5-2/h12,14,18,20,32,34,37H,4-11,13,15-17,19,21-31,33,35-36H2,1-3H3/b14-12-,20-18-,34-32-. The Balaban J connectivity index is 3.63. The van der Waals surface area contributed by atoms with Gasteiger partial charge in [0.2, 0.25) is 0 Å². The third-order valence-corrected chi connectivity index (χ3v) is 7.68. The molecule has 246 valence electrons. The molecule has 0 amide bonds. The minimum atomic E-state index is -0.350. The lowest BCUT2D eigenvalue weighted by Crippen LogP contribution is -2.27. The Hall–Kier alpha value is -1.55. The van der Waals surface area contributed by atoms with Gasteiger partial charge in [0.15, 0.2) is 6.10 Å². The highest BCUT2D eigenvalue weighted by molar-refractivity contribution is 5.69. The van der Waals surface area contributed by atoms with Crippen LogP contribution in [0, 0.1) is 0 Å². The summed E-state index contributed by atoms with van der Waals surface area (Å²) in [6.07, 6.45) is 43.6. The number of unbranched alkanes of at least 4 members (excludes halogenated alkanes) is 20. The maximum absolute atomic E-state index is 12.3. The van der Waals surface area contributed by atoms with Crippen molar-refractivity contribution in [3.63, 3.8) is 0 Å². The van der Waals surface area contributed by atoms with Crippen molar-refractivity contribution < 1.29 is 19.0 Å². The zero-order chi connectivity index (χ0) is 30.6. The molecule has 0 rings (SSSR count). The third-order valence-electron chi connectivity index (χ3n) is 7.68. The van der Waals surface area contributed by atoms with E-state index in [0.717, 1.165) is 32.1 Å². The van der Waals surface area contributed by atoms with Crippen LogP contribution in [-0.4, -0.2) is 32.4 Å². The van der Waals surface area contributed by atoms with Crippen molar-refractivity contribution in [3.05, 3.63) is 36.6 Å². The highest BCUT2D eigenvalue weighted by Gasteiger charge is 2.14. The van der Waals surface area contributed by atoms with Gasteiger partial charge in [0, 0.05) is 13.5 Å². The normalized spacial score (nSPS) is 12.6. The average Bonchev–Trinajstić information content (AvgIpc) is 2.99. The van der Waals surface area contributed by atoms with Gasteiger partial charge in [-0.25, -0.2) is 0 Å². The van der Waals surface area contributed by atoms with Gasteiger partial charge in [0.05, 0.1) is 12.9 Å². The van der Waals surface area contributed by atoms with Crippen molar-refractivity contribution >= 4 is 5.97 Å². The molecule has 0 aliphatic heterocycles. The summed E-state index contributed by atoms with van der Waals surface area (Å²) < 4.78 is 16.5. The van der Waals surface area contributed by atoms with E-state index < -0.39 is 0 Å². The first-order chi connectivity index (χ1) is 20.7. The summed E-state index contributed by atoms with van der Waals surface area (Å²) in [6, 6.07) is 0. The predicted octanol–water partition coefficient (Wildman–Crippen LogP) is 12.0. The maximum Gasteiger partial charge on any atom is 0.306 e. The van der Waals surface area contributed by atoms with Crippen LogP contribution in [0.4, 0.5) is 0 Å². The number of hydrogen-bond donors (Lipinski definition) is 0. The first kappa shape index (κ1) is 40.5. The van der Waals surface area contributed by atoms with Crippen LogP contribution in [0.25, 0.3) is 0 Å². The van der Waals surface area contributed by atoms with Crippen molar-refractivity contribution in [1.29, 1.82) is 0 Å². The fourth-order valence-corrected chi connectivity index (χ4v) is 5.03. The number of esters is 1. The Kier molecular flexibility index (Phi) is 34.3. The summed E-state index contributed by atoms with van der Waals surface area (Å²) in [5.41, 5.74) is 0. The van der Waals surface area contributed by atoms with Gasteiger partial charge in [-0.1, -0.05) is 141 Å². The van der Waals surface area contributed by atoms with Gasteiger partial charge >= 0.3 is 5.97 Å². The number of hydrogen-bond acceptors (Lipinski definition) is 4. The molecular formula is C38H70O4. The van der Waals surface area contributed by atoms with Crippen LogP contribution in [0.3, 0.4) is 0 Å². The molecule has 0 radical (unpaired) electrons. The molecule has 0 saturated carbocycles. The maximum atomic E-state index is 12.3. The topological polar surface area (TPSA) is 44.8 Å². The van der Waals surface area contributed by atoms with Gasteiger partial charge in [-0.2, -0.15) is 0 Å². The van der Waals surface area contributed by atoms with Crippen LogP contribution in [0.15, 0.2) is 36.6 Å². The third kappa shape index (κ3) is 33.0. The number of rotatable bonds is 33. The van der Waals surface area contributed by atoms with E-state index in [2.05, 4.69) is 44.2 Å². The van der Waals surface area contributed by atoms with Gasteiger partial charge in [0.1, 0.15) is 6.61 Å². The smallest absolute Gasteiger partial charge is 0.306 e. The lowest BCUT2D eigenvalue weighted by Gasteiger charge is -2.16. The Morgan fingerprint density at radius 1 is 0.548 bits per heavy atom. The average molecular weight is 591 g/mol. The number of allylic oxidation sites excluding steroid dienone is 5. The summed E-state index contributed by atoms with van der Waals surface area (Å²) in [6.45, 7) is 5.23. The van der Waals surface area contributed by atoms with E-state index in [4.69, 9.17) is 14.2 Å². The fraction of sp³-hybridized carbons (Fsp3) is 0.816. The summed E-state index contributed by atoms with van der Waals surface area (Å²) >= 11 is 0. The lowest BCUT2D eigenvalue weighted by molar-refractivity contribution is -0.154. The second-order valence-corrected chi connectivity index (χ2v) is 11.9. The van der Waals surface area contributed by atoms with E-state index in [0.29, 0.717) is 19.6 Å². The molecule has 0 aromatic heterocycles. The highest BCUT2D eigenvalue weighted by atomic mass is 16.6. The Morgan fingerprint density at radius 2 is 1.00 bits per heavy atom. The number of carbonyl (C=O) groups excluding carboxylic acids is 1. The van der Waals surface area contributed by atoms with Crippen molar-refractivity contribution in [3.8, 4) is 0 Å². The van der Waals surface area contributed by atoms with Gasteiger partial charge in [-0.05, 0) is 57.4 Å². The molecule has 0 bridgehead atoms. The largest absolute Gasteiger partial charge is 0.498 e. The molecule has 4 nitrogen and oxygen atoms in total. The molecule has 0 fully saturated rings. The van der Waals surface area contributed by atoms with E-state index in [1.165, 1.54) is 122 Å². The molecular weight excluding hydrogens is 520 g/mol. The first-order valence-corrected chi connectivity index (χ1v) is 18.0. The van der Waals surface area contributed by atoms with Crippen molar-refractivity contribution in [1.82, 2.24) is 0 Å². The summed E-state index contributed by atoms with van der Waals surface area (Å²) in [5.74, 6) is -0.146. The molecule has 0 aliphatic rings. The van der Waals surface area contributed by atoms with E-state index >= 15 is 0 Å². The van der Waals surface area contributed by atoms with E-state index in [1.54, 1.807) is 13.4 Å². The second-order valence-electron chi connectivity index (χ2n) is 11.9. The molecule has 1 unspecified atom stereocenters. The number of methoxy groups -OCH3 is 1. The molecule has 0 aromatic carbocycles. The Bertz CT molecular complexity index is 625. The molecule has 0 spiro atoms. The molecule has 0 heterocycles. The van der Waals surface area contributed by atoms with Crippen LogP contribution in [0.2, 0.25) is 0 Å². The molecule has 0 N–H and O–H groups in total. The lowest BCUT2D eigenvalue weighted by atomic mass is 10.0. The number of carbonyl (C=O) groups is 1. The summed E-state index contributed by atoms with van der Waals surface area (Å²) in [4.78, 5) is 12.3. The zero-order valence-corrected chi connectivity index (χ0v) is 28.3. The summed E-state index contributed by atoms with van der Waals surface area (Å²) in [5, 5.41) is 0. The predicted molar refractivity (Wildman–Crippen MR) is 182 cm³/mol. The van der Waals surface area contributed by atoms with E-state index in [9.17, 15) is 4.79 Å². The molecule has 0 aliphatic carbocycles. The molecule has 4 heteroatoms. The molecule has 1 atom stereocenters. The van der Waals surface area contributed by atoms with Crippen molar-refractivity contribution in [2.75, 3.05) is 20.3 Å². The van der Waals surface area contributed by atoms with Gasteiger partial charge in [-0.3, -0.25) is 4.79 Å². The van der Waals surface area contributed by atoms with Gasteiger partial charge in [-0.15, -0.1) is 0 Å². The fourth-order valence-electron chi connectivity index (χ4n) is 5.03. The van der Waals surface area contributed by atoms with E-state index in [-0.39, 0.29) is 12.1 Å². The Labute approximate surface area is 262 Å². The van der Waals surface area contributed by atoms with Gasteiger partial charge in [0.25, 0.3) is 0 Å². The minimum absolute atomic E-state index is 0.146. The minimum Gasteiger partial charge on any atom is -0.498 e. The first-order valence-electron chi connectivity index (χ1n) is 18.0.